The molecule has 5 amide bonds. The molecule has 1 aromatic heterocycles. The number of carbonyl (C=O) groups is 6. The number of sulfone groups is 1. The van der Waals surface area contributed by atoms with Crippen molar-refractivity contribution in [3.63, 3.8) is 0 Å². The zero-order valence-electron chi connectivity index (χ0n) is 46.1. The fourth-order valence-corrected chi connectivity index (χ4v) is 13.9. The molecule has 0 bridgehead atoms. The van der Waals surface area contributed by atoms with Crippen molar-refractivity contribution >= 4 is 79.5 Å². The van der Waals surface area contributed by atoms with Gasteiger partial charge in [0.15, 0.2) is 15.6 Å². The number of hydrogen-bond acceptors (Lipinski definition) is 13. The van der Waals surface area contributed by atoms with Crippen LogP contribution in [0.4, 0.5) is 15.8 Å². The number of piperidine rings is 2. The molecule has 3 aliphatic heterocycles. The quantitative estimate of drug-likeness (QED) is 0.0427. The Labute approximate surface area is 475 Å². The number of carbonyl (C=O) groups excluding carboxylic acids is 6. The van der Waals surface area contributed by atoms with Crippen LogP contribution in [-0.2, 0) is 53.2 Å². The Morgan fingerprint density at radius 2 is 1.70 bits per heavy atom. The second-order valence-corrected chi connectivity index (χ2v) is 27.5. The SMILES string of the molecule is Cc1ccc([C@@H]2[C@@H](c3cccc(Cl)c3)C[C@](C)(Cc3ncc(CC(=O)NCCCC(=O)COc4c(C)cc(N=Nc5cccc6c5CN(C5CCC(=O)NC5=O)C6=O)cc4C)s3)C(=O)N2[C@H](CS(=O)(=O)C(C)(C)C)C2CC2)cc1F. The first kappa shape index (κ1) is 58.0. The Hall–Kier alpha value is -6.70. The zero-order chi connectivity index (χ0) is 57.4. The largest absolute Gasteiger partial charge is 0.485 e. The number of ether oxygens (including phenoxy) is 1. The Morgan fingerprint density at radius 1 is 0.963 bits per heavy atom. The van der Waals surface area contributed by atoms with Crippen molar-refractivity contribution in [1.29, 1.82) is 0 Å². The van der Waals surface area contributed by atoms with Crippen molar-refractivity contribution in [3.05, 3.63) is 139 Å². The lowest BCUT2D eigenvalue weighted by atomic mass is 9.67. The molecule has 4 aromatic carbocycles. The smallest absolute Gasteiger partial charge is 0.255 e. The maximum absolute atomic E-state index is 15.5. The molecule has 0 radical (unpaired) electrons. The van der Waals surface area contributed by atoms with Gasteiger partial charge in [-0.3, -0.25) is 34.1 Å². The number of benzene rings is 4. The van der Waals surface area contributed by atoms with Crippen molar-refractivity contribution in [3.8, 4) is 5.75 Å². The maximum Gasteiger partial charge on any atom is 0.255 e. The van der Waals surface area contributed by atoms with Crippen molar-refractivity contribution < 1.29 is 46.3 Å². The number of aryl methyl sites for hydroxylation is 3. The van der Waals surface area contributed by atoms with Gasteiger partial charge in [0.2, 0.25) is 23.6 Å². The predicted molar refractivity (Wildman–Crippen MR) is 303 cm³/mol. The summed E-state index contributed by atoms with van der Waals surface area (Å²) in [6.07, 6.45) is 4.73. The molecule has 0 spiro atoms. The summed E-state index contributed by atoms with van der Waals surface area (Å²) in [5.74, 6) is -2.33. The van der Waals surface area contributed by atoms with E-state index >= 15 is 9.18 Å². The number of ketones is 1. The molecular formula is C60H67ClFN7O9S2. The topological polar surface area (TPSA) is 214 Å². The van der Waals surface area contributed by atoms with Crippen LogP contribution in [-0.4, -0.2) is 94.3 Å². The monoisotopic (exact) mass is 1150 g/mol. The number of Topliss-reactive ketones (excluding diaryl/α,β-unsaturated/α-hetero) is 1. The number of halogens is 2. The van der Waals surface area contributed by atoms with E-state index in [-0.39, 0.29) is 92.9 Å². The van der Waals surface area contributed by atoms with Gasteiger partial charge in [0.25, 0.3) is 5.91 Å². The van der Waals surface area contributed by atoms with Gasteiger partial charge < -0.3 is 19.9 Å². The third-order valence-corrected chi connectivity index (χ3v) is 19.7. The van der Waals surface area contributed by atoms with Gasteiger partial charge in [0, 0.05) is 71.5 Å². The van der Waals surface area contributed by atoms with Gasteiger partial charge in [-0.05, 0) is 150 Å². The lowest BCUT2D eigenvalue weighted by Gasteiger charge is -2.52. The van der Waals surface area contributed by atoms with Crippen molar-refractivity contribution in [2.45, 2.75) is 142 Å². The summed E-state index contributed by atoms with van der Waals surface area (Å²) in [5.41, 5.74) is 4.39. The molecule has 80 heavy (non-hydrogen) atoms. The summed E-state index contributed by atoms with van der Waals surface area (Å²) in [6.45, 7) is 12.5. The standard InChI is InChI=1S/C60H67ClFN7O9S2/c1-34-16-17-39(26-47(34)62)54-45(38-11-8-12-40(61)25-38)28-60(7,58(75)69(54)50(37-18-19-37)33-80(76,77)59(4,5)6)29-53-64-30-43(79-53)27-52(72)63-22-10-13-42(70)32-78-55-35(2)23-41(24-36(55)3)66-67-48-15-9-14-44-46(48)31-68(57(44)74)49-20-21-51(71)65-56(49)73/h8-9,11-12,14-17,23-26,30,37,45,49-50,54H,10,13,18-22,27-29,31-33H2,1-7H3,(H,63,72)(H,65,71,73)/t45-,49?,50-,54-,60-/m1/s1. The van der Waals surface area contributed by atoms with E-state index in [0.717, 1.165) is 29.5 Å². The van der Waals surface area contributed by atoms with E-state index in [4.69, 9.17) is 21.3 Å². The second kappa shape index (κ2) is 23.4. The van der Waals surface area contributed by atoms with Crippen LogP contribution < -0.4 is 15.4 Å². The highest BCUT2D eigenvalue weighted by atomic mass is 35.5. The van der Waals surface area contributed by atoms with E-state index < -0.39 is 55.8 Å². The first-order valence-corrected chi connectivity index (χ1v) is 29.9. The van der Waals surface area contributed by atoms with Gasteiger partial charge in [0.05, 0.1) is 44.8 Å². The van der Waals surface area contributed by atoms with Crippen molar-refractivity contribution in [1.82, 2.24) is 25.4 Å². The second-order valence-electron chi connectivity index (χ2n) is 23.1. The molecule has 1 aliphatic carbocycles. The summed E-state index contributed by atoms with van der Waals surface area (Å²) in [7, 11) is -3.72. The molecule has 4 heterocycles. The Kier molecular flexibility index (Phi) is 17.0. The van der Waals surface area contributed by atoms with Gasteiger partial charge in [-0.1, -0.05) is 48.9 Å². The van der Waals surface area contributed by atoms with Gasteiger partial charge in [-0.25, -0.2) is 17.8 Å². The molecule has 9 rings (SSSR count). The van der Waals surface area contributed by atoms with Crippen LogP contribution in [0.25, 0.3) is 0 Å². The molecule has 422 valence electrons. The number of imide groups is 1. The minimum absolute atomic E-state index is 0.0383. The summed E-state index contributed by atoms with van der Waals surface area (Å²) in [4.78, 5) is 87.9. The fraction of sp³-hybridized carbons (Fsp3) is 0.450. The van der Waals surface area contributed by atoms with Crippen molar-refractivity contribution in [2.24, 2.45) is 21.6 Å². The third kappa shape index (κ3) is 12.7. The van der Waals surface area contributed by atoms with Gasteiger partial charge in [-0.2, -0.15) is 10.2 Å². The Balaban J connectivity index is 0.801. The third-order valence-electron chi connectivity index (χ3n) is 15.8. The maximum atomic E-state index is 15.5. The molecule has 16 nitrogen and oxygen atoms in total. The van der Waals surface area contributed by atoms with Crippen LogP contribution in [0.3, 0.4) is 0 Å². The van der Waals surface area contributed by atoms with E-state index in [2.05, 4.69) is 20.9 Å². The van der Waals surface area contributed by atoms with E-state index in [1.807, 2.05) is 45.0 Å². The molecule has 5 aromatic rings. The van der Waals surface area contributed by atoms with Crippen LogP contribution >= 0.6 is 22.9 Å². The highest BCUT2D eigenvalue weighted by Gasteiger charge is 2.55. The number of amides is 5. The molecule has 1 saturated carbocycles. The lowest BCUT2D eigenvalue weighted by Crippen LogP contribution is -2.59. The first-order valence-electron chi connectivity index (χ1n) is 27.1. The average Bonchev–Trinajstić information content (AvgIpc) is 4.24. The molecule has 2 saturated heterocycles. The van der Waals surface area contributed by atoms with E-state index in [1.165, 1.54) is 22.3 Å². The zero-order valence-corrected chi connectivity index (χ0v) is 48.5. The van der Waals surface area contributed by atoms with Gasteiger partial charge >= 0.3 is 0 Å². The van der Waals surface area contributed by atoms with Gasteiger partial charge in [-0.15, -0.1) is 11.3 Å². The van der Waals surface area contributed by atoms with Crippen LogP contribution in [0.15, 0.2) is 89.2 Å². The molecule has 5 atom stereocenters. The van der Waals surface area contributed by atoms with Crippen LogP contribution in [0.2, 0.25) is 5.02 Å². The lowest BCUT2D eigenvalue weighted by molar-refractivity contribution is -0.154. The Morgan fingerprint density at radius 3 is 2.39 bits per heavy atom. The summed E-state index contributed by atoms with van der Waals surface area (Å²) in [6, 6.07) is 19.1. The summed E-state index contributed by atoms with van der Waals surface area (Å²) in [5, 5.41) is 15.3. The molecular weight excluding hydrogens is 1080 g/mol. The van der Waals surface area contributed by atoms with Crippen LogP contribution in [0.1, 0.15) is 138 Å². The average molecular weight is 1150 g/mol. The highest BCUT2D eigenvalue weighted by Crippen LogP contribution is 2.54. The van der Waals surface area contributed by atoms with Gasteiger partial charge in [0.1, 0.15) is 24.2 Å². The van der Waals surface area contributed by atoms with E-state index in [0.29, 0.717) is 67.1 Å². The number of azo groups is 1. The molecule has 2 N–H and O–H groups in total. The van der Waals surface area contributed by atoms with Crippen LogP contribution in [0.5, 0.6) is 5.75 Å². The normalized spacial score (nSPS) is 21.0. The number of likely N-dealkylation sites (tertiary alicyclic amines) is 1. The number of thiazole rings is 1. The summed E-state index contributed by atoms with van der Waals surface area (Å²) >= 11 is 7.96. The molecule has 1 unspecified atom stereocenters. The number of hydrogen-bond donors (Lipinski definition) is 2. The number of nitrogens with zero attached hydrogens (tertiary/aromatic N) is 5. The predicted octanol–water partition coefficient (Wildman–Crippen LogP) is 10.4. The fourth-order valence-electron chi connectivity index (χ4n) is 11.2. The minimum Gasteiger partial charge on any atom is -0.485 e. The molecule has 20 heteroatoms. The molecule has 4 aliphatic rings. The number of rotatable bonds is 20. The number of nitrogens with one attached hydrogen (secondary N) is 2. The molecule has 3 fully saturated rings. The van der Waals surface area contributed by atoms with E-state index in [9.17, 15) is 32.4 Å². The highest BCUT2D eigenvalue weighted by molar-refractivity contribution is 7.92. The minimum atomic E-state index is -3.72. The van der Waals surface area contributed by atoms with E-state index in [1.54, 1.807) is 81.3 Å². The first-order chi connectivity index (χ1) is 37.9. The number of aromatic nitrogens is 1. The van der Waals surface area contributed by atoms with Crippen molar-refractivity contribution in [2.75, 3.05) is 18.9 Å². The summed E-state index contributed by atoms with van der Waals surface area (Å²) < 4.78 is 48.6. The number of fused-ring (bicyclic) bond motifs is 1. The Bertz CT molecular complexity index is 3410. The van der Waals surface area contributed by atoms with Crippen LogP contribution in [0, 0.1) is 37.9 Å².